The Kier molecular flexibility index (Phi) is 3.16. The molecule has 0 aliphatic carbocycles. The van der Waals surface area contributed by atoms with Gasteiger partial charge in [0.15, 0.2) is 5.82 Å². The Morgan fingerprint density at radius 1 is 1.12 bits per heavy atom. The van der Waals surface area contributed by atoms with E-state index in [-0.39, 0.29) is 0 Å². The Hall–Kier alpha value is -3.41. The molecule has 2 aromatic heterocycles. The number of imidazole rings is 1. The van der Waals surface area contributed by atoms with E-state index in [0.717, 1.165) is 5.39 Å². The van der Waals surface area contributed by atoms with Crippen LogP contribution in [0.25, 0.3) is 33.3 Å². The Bertz CT molecular complexity index is 1090. The zero-order valence-corrected chi connectivity index (χ0v) is 12.8. The topological polar surface area (TPSA) is 77.2 Å². The van der Waals surface area contributed by atoms with Gasteiger partial charge in [-0.05, 0) is 30.3 Å². The molecule has 0 unspecified atom stereocenters. The van der Waals surface area contributed by atoms with Gasteiger partial charge in [0.1, 0.15) is 11.3 Å². The average Bonchev–Trinajstić information content (AvgIpc) is 3.00. The smallest absolute Gasteiger partial charge is 0.417 e. The molecule has 2 heterocycles. The van der Waals surface area contributed by atoms with Gasteiger partial charge in [-0.1, -0.05) is 18.2 Å². The van der Waals surface area contributed by atoms with Gasteiger partial charge in [-0.15, -0.1) is 0 Å². The van der Waals surface area contributed by atoms with Crippen LogP contribution in [0.2, 0.25) is 0 Å². The highest BCUT2D eigenvalue weighted by Gasteiger charge is 2.20. The van der Waals surface area contributed by atoms with E-state index in [9.17, 15) is 9.90 Å². The molecule has 0 fully saturated rings. The second kappa shape index (κ2) is 5.34. The third kappa shape index (κ3) is 2.00. The van der Waals surface area contributed by atoms with E-state index >= 15 is 0 Å². The minimum Gasteiger partial charge on any atom is -0.494 e. The summed E-state index contributed by atoms with van der Waals surface area (Å²) in [5.74, 6) is 0.997. The maximum Gasteiger partial charge on any atom is 0.417 e. The first-order chi connectivity index (χ1) is 11.7. The number of carboxylic acid groups (broad SMARTS) is 1. The molecule has 6 heteroatoms. The predicted octanol–water partition coefficient (Wildman–Crippen LogP) is 3.79. The Labute approximate surface area is 137 Å². The van der Waals surface area contributed by atoms with Crippen molar-refractivity contribution in [3.05, 3.63) is 54.7 Å². The fourth-order valence-electron chi connectivity index (χ4n) is 2.91. The third-order valence-electron chi connectivity index (χ3n) is 3.95. The molecular formula is C18H13N3O3. The van der Waals surface area contributed by atoms with E-state index in [4.69, 9.17) is 4.74 Å². The van der Waals surface area contributed by atoms with Crippen molar-refractivity contribution in [3.63, 3.8) is 0 Å². The largest absolute Gasteiger partial charge is 0.494 e. The van der Waals surface area contributed by atoms with Crippen molar-refractivity contribution in [2.24, 2.45) is 0 Å². The average molecular weight is 319 g/mol. The van der Waals surface area contributed by atoms with Crippen LogP contribution in [0, 0.1) is 0 Å². The highest BCUT2D eigenvalue weighted by atomic mass is 16.5. The second-order valence-electron chi connectivity index (χ2n) is 5.26. The summed E-state index contributed by atoms with van der Waals surface area (Å²) in [6.07, 6.45) is 0.598. The molecule has 1 N–H and O–H groups in total. The quantitative estimate of drug-likeness (QED) is 0.608. The van der Waals surface area contributed by atoms with E-state index < -0.39 is 6.09 Å². The van der Waals surface area contributed by atoms with Gasteiger partial charge in [0.25, 0.3) is 0 Å². The SMILES string of the molecule is COc1ccc(-c2nc3ccccc3n2C(=O)O)c2cccnc12. The number of pyridine rings is 1. The summed E-state index contributed by atoms with van der Waals surface area (Å²) in [7, 11) is 1.58. The normalized spacial score (nSPS) is 11.0. The van der Waals surface area contributed by atoms with Crippen LogP contribution in [-0.2, 0) is 0 Å². The Balaban J connectivity index is 2.11. The first-order valence-electron chi connectivity index (χ1n) is 7.33. The number of para-hydroxylation sites is 2. The number of carbonyl (C=O) groups is 1. The number of benzene rings is 2. The van der Waals surface area contributed by atoms with Crippen molar-refractivity contribution < 1.29 is 14.6 Å². The lowest BCUT2D eigenvalue weighted by Crippen LogP contribution is -2.09. The zero-order valence-electron chi connectivity index (χ0n) is 12.8. The lowest BCUT2D eigenvalue weighted by atomic mass is 10.1. The molecule has 118 valence electrons. The summed E-state index contributed by atoms with van der Waals surface area (Å²) in [5, 5.41) is 10.5. The highest BCUT2D eigenvalue weighted by Crippen LogP contribution is 2.34. The molecule has 0 radical (unpaired) electrons. The molecule has 0 aliphatic heterocycles. The first-order valence-corrected chi connectivity index (χ1v) is 7.33. The van der Waals surface area contributed by atoms with Gasteiger partial charge in [-0.2, -0.15) is 0 Å². The van der Waals surface area contributed by atoms with Gasteiger partial charge in [0, 0.05) is 17.1 Å². The van der Waals surface area contributed by atoms with Crippen LogP contribution >= 0.6 is 0 Å². The standard InChI is InChI=1S/C18H13N3O3/c1-24-15-9-8-12(11-5-4-10-19-16(11)15)17-20-13-6-2-3-7-14(13)21(17)18(22)23/h2-10H,1H3,(H,22,23). The number of hydrogen-bond acceptors (Lipinski definition) is 4. The van der Waals surface area contributed by atoms with E-state index in [0.29, 0.717) is 33.7 Å². The van der Waals surface area contributed by atoms with Crippen molar-refractivity contribution in [1.29, 1.82) is 0 Å². The summed E-state index contributed by atoms with van der Waals surface area (Å²) in [6, 6.07) is 14.4. The van der Waals surface area contributed by atoms with Crippen LogP contribution < -0.4 is 4.74 Å². The Morgan fingerprint density at radius 3 is 2.75 bits per heavy atom. The van der Waals surface area contributed by atoms with Crippen LogP contribution in [0.4, 0.5) is 4.79 Å². The predicted molar refractivity (Wildman–Crippen MR) is 90.4 cm³/mol. The molecular weight excluding hydrogens is 306 g/mol. The number of methoxy groups -OCH3 is 1. The van der Waals surface area contributed by atoms with Gasteiger partial charge in [-0.25, -0.2) is 14.3 Å². The van der Waals surface area contributed by atoms with E-state index in [1.807, 2.05) is 18.2 Å². The molecule has 0 amide bonds. The van der Waals surface area contributed by atoms with Gasteiger partial charge < -0.3 is 9.84 Å². The monoisotopic (exact) mass is 319 g/mol. The van der Waals surface area contributed by atoms with Crippen molar-refractivity contribution in [2.45, 2.75) is 0 Å². The van der Waals surface area contributed by atoms with Crippen LogP contribution in [0.5, 0.6) is 5.75 Å². The molecule has 2 aromatic carbocycles. The molecule has 0 saturated carbocycles. The van der Waals surface area contributed by atoms with Crippen molar-refractivity contribution in [2.75, 3.05) is 7.11 Å². The van der Waals surface area contributed by atoms with Gasteiger partial charge in [0.2, 0.25) is 0 Å². The number of nitrogens with zero attached hydrogens (tertiary/aromatic N) is 3. The van der Waals surface area contributed by atoms with Crippen LogP contribution in [0.1, 0.15) is 0 Å². The van der Waals surface area contributed by atoms with Gasteiger partial charge >= 0.3 is 6.09 Å². The summed E-state index contributed by atoms with van der Waals surface area (Å²) in [5.41, 5.74) is 2.54. The number of aromatic nitrogens is 3. The van der Waals surface area contributed by atoms with Crippen LogP contribution in [0.3, 0.4) is 0 Å². The lowest BCUT2D eigenvalue weighted by Gasteiger charge is -2.10. The molecule has 24 heavy (non-hydrogen) atoms. The zero-order chi connectivity index (χ0) is 16.7. The molecule has 0 saturated heterocycles. The second-order valence-corrected chi connectivity index (χ2v) is 5.26. The van der Waals surface area contributed by atoms with Crippen molar-refractivity contribution >= 4 is 28.0 Å². The minimum absolute atomic E-state index is 0.365. The summed E-state index contributed by atoms with van der Waals surface area (Å²) >= 11 is 0. The maximum atomic E-state index is 11.8. The van der Waals surface area contributed by atoms with E-state index in [2.05, 4.69) is 9.97 Å². The molecule has 4 rings (SSSR count). The lowest BCUT2D eigenvalue weighted by molar-refractivity contribution is 0.197. The van der Waals surface area contributed by atoms with Crippen LogP contribution in [-0.4, -0.2) is 32.8 Å². The molecule has 0 spiro atoms. The fraction of sp³-hybridized carbons (Fsp3) is 0.0556. The van der Waals surface area contributed by atoms with Crippen molar-refractivity contribution in [3.8, 4) is 17.1 Å². The molecule has 6 nitrogen and oxygen atoms in total. The fourth-order valence-corrected chi connectivity index (χ4v) is 2.91. The minimum atomic E-state index is -1.08. The number of rotatable bonds is 2. The summed E-state index contributed by atoms with van der Waals surface area (Å²) in [4.78, 5) is 20.7. The first kappa shape index (κ1) is 14.2. The maximum absolute atomic E-state index is 11.8. The van der Waals surface area contributed by atoms with Crippen LogP contribution in [0.15, 0.2) is 54.7 Å². The number of hydrogen-bond donors (Lipinski definition) is 1. The third-order valence-corrected chi connectivity index (χ3v) is 3.95. The summed E-state index contributed by atoms with van der Waals surface area (Å²) in [6.45, 7) is 0. The highest BCUT2D eigenvalue weighted by molar-refractivity contribution is 6.00. The van der Waals surface area contributed by atoms with E-state index in [1.54, 1.807) is 43.6 Å². The number of fused-ring (bicyclic) bond motifs is 2. The van der Waals surface area contributed by atoms with Crippen molar-refractivity contribution in [1.82, 2.24) is 14.5 Å². The summed E-state index contributed by atoms with van der Waals surface area (Å²) < 4.78 is 6.55. The molecule has 4 aromatic rings. The van der Waals surface area contributed by atoms with E-state index in [1.165, 1.54) is 4.57 Å². The van der Waals surface area contributed by atoms with Gasteiger partial charge in [0.05, 0.1) is 18.1 Å². The molecule has 0 atom stereocenters. The molecule has 0 aliphatic rings. The Morgan fingerprint density at radius 2 is 1.96 bits per heavy atom. The van der Waals surface area contributed by atoms with Gasteiger partial charge in [-0.3, -0.25) is 4.98 Å². The number of ether oxygens (including phenoxy) is 1. The molecule has 0 bridgehead atoms.